The Bertz CT molecular complexity index is 498. The first-order valence-corrected chi connectivity index (χ1v) is 8.06. The first-order chi connectivity index (χ1) is 9.05. The summed E-state index contributed by atoms with van der Waals surface area (Å²) < 4.78 is 38.7. The molecule has 1 saturated heterocycles. The lowest BCUT2D eigenvalue weighted by atomic mass is 10.0. The molecule has 1 aliphatic rings. The first kappa shape index (κ1) is 14.2. The third-order valence-electron chi connectivity index (χ3n) is 3.13. The predicted molar refractivity (Wildman–Crippen MR) is 71.9 cm³/mol. The molecule has 1 atom stereocenters. The third kappa shape index (κ3) is 4.76. The summed E-state index contributed by atoms with van der Waals surface area (Å²) in [6.07, 6.45) is 4.88. The van der Waals surface area contributed by atoms with Crippen LogP contribution in [0.3, 0.4) is 0 Å². The highest BCUT2D eigenvalue weighted by atomic mass is 32.2. The zero-order valence-electron chi connectivity index (χ0n) is 10.6. The van der Waals surface area contributed by atoms with Crippen molar-refractivity contribution in [3.05, 3.63) is 24.1 Å². The molecule has 0 amide bonds. The van der Waals surface area contributed by atoms with Gasteiger partial charge in [-0.15, -0.1) is 0 Å². The summed E-state index contributed by atoms with van der Waals surface area (Å²) in [5, 5.41) is 3.31. The summed E-state index contributed by atoms with van der Waals surface area (Å²) in [6, 6.07) is 2.76. The summed E-state index contributed by atoms with van der Waals surface area (Å²) >= 11 is 0. The number of rotatable bonds is 5. The molecule has 2 N–H and O–H groups in total. The van der Waals surface area contributed by atoms with Crippen LogP contribution in [0.25, 0.3) is 0 Å². The van der Waals surface area contributed by atoms with Crippen LogP contribution in [0.2, 0.25) is 0 Å². The smallest absolute Gasteiger partial charge is 0.233 e. The standard InChI is InChI=1S/C12H18FN3O2S/c13-10-4-5-12(15-9-10)16-19(17,18)8-6-11-3-1-2-7-14-11/h4-5,9,11,14H,1-3,6-8H2,(H,15,16). The number of hydrogen-bond acceptors (Lipinski definition) is 4. The fourth-order valence-corrected chi connectivity index (χ4v) is 3.25. The molecule has 1 aliphatic heterocycles. The van der Waals surface area contributed by atoms with E-state index < -0.39 is 15.8 Å². The van der Waals surface area contributed by atoms with Gasteiger partial charge in [0.15, 0.2) is 0 Å². The fourth-order valence-electron chi connectivity index (χ4n) is 2.11. The van der Waals surface area contributed by atoms with Crippen LogP contribution < -0.4 is 10.0 Å². The highest BCUT2D eigenvalue weighted by Gasteiger charge is 2.17. The molecule has 0 aromatic carbocycles. The molecule has 106 valence electrons. The van der Waals surface area contributed by atoms with Crippen molar-refractivity contribution in [3.8, 4) is 0 Å². The third-order valence-corrected chi connectivity index (χ3v) is 4.43. The van der Waals surface area contributed by atoms with Gasteiger partial charge in [-0.05, 0) is 37.9 Å². The number of hydrogen-bond donors (Lipinski definition) is 2. The minimum Gasteiger partial charge on any atom is -0.314 e. The van der Waals surface area contributed by atoms with Crippen molar-refractivity contribution in [2.45, 2.75) is 31.7 Å². The normalized spacial score (nSPS) is 20.2. The van der Waals surface area contributed by atoms with Crippen LogP contribution in [-0.4, -0.2) is 31.7 Å². The molecule has 5 nitrogen and oxygen atoms in total. The minimum atomic E-state index is -3.42. The quantitative estimate of drug-likeness (QED) is 0.861. The van der Waals surface area contributed by atoms with Crippen LogP contribution in [-0.2, 0) is 10.0 Å². The average molecular weight is 287 g/mol. The molecule has 0 aliphatic carbocycles. The van der Waals surface area contributed by atoms with E-state index in [1.807, 2.05) is 0 Å². The Hall–Kier alpha value is -1.21. The second kappa shape index (κ2) is 6.29. The molecule has 0 bridgehead atoms. The highest BCUT2D eigenvalue weighted by molar-refractivity contribution is 7.92. The molecule has 0 radical (unpaired) electrons. The van der Waals surface area contributed by atoms with Gasteiger partial charge in [0.05, 0.1) is 11.9 Å². The van der Waals surface area contributed by atoms with Crippen LogP contribution in [0.4, 0.5) is 10.2 Å². The molecule has 1 aromatic heterocycles. The van der Waals surface area contributed by atoms with Crippen molar-refractivity contribution >= 4 is 15.8 Å². The van der Waals surface area contributed by atoms with Gasteiger partial charge in [-0.1, -0.05) is 6.42 Å². The molecule has 19 heavy (non-hydrogen) atoms. The Balaban J connectivity index is 1.85. The lowest BCUT2D eigenvalue weighted by Crippen LogP contribution is -2.36. The number of piperidine rings is 1. The summed E-state index contributed by atoms with van der Waals surface area (Å²) in [5.41, 5.74) is 0. The van der Waals surface area contributed by atoms with E-state index in [0.29, 0.717) is 6.42 Å². The molecule has 1 aromatic rings. The first-order valence-electron chi connectivity index (χ1n) is 6.41. The van der Waals surface area contributed by atoms with Crippen molar-refractivity contribution in [1.82, 2.24) is 10.3 Å². The van der Waals surface area contributed by atoms with Crippen LogP contribution in [0.5, 0.6) is 0 Å². The largest absolute Gasteiger partial charge is 0.314 e. The van der Waals surface area contributed by atoms with E-state index in [-0.39, 0.29) is 17.6 Å². The van der Waals surface area contributed by atoms with Crippen LogP contribution in [0.1, 0.15) is 25.7 Å². The minimum absolute atomic E-state index is 0.0454. The van der Waals surface area contributed by atoms with E-state index in [9.17, 15) is 12.8 Å². The highest BCUT2D eigenvalue weighted by Crippen LogP contribution is 2.12. The molecular formula is C12H18FN3O2S. The Kier molecular flexibility index (Phi) is 4.71. The van der Waals surface area contributed by atoms with Crippen molar-refractivity contribution < 1.29 is 12.8 Å². The Labute approximate surface area is 112 Å². The van der Waals surface area contributed by atoms with Gasteiger partial charge in [0.2, 0.25) is 10.0 Å². The molecule has 2 rings (SSSR count). The van der Waals surface area contributed by atoms with Gasteiger partial charge in [0.25, 0.3) is 0 Å². The fraction of sp³-hybridized carbons (Fsp3) is 0.583. The monoisotopic (exact) mass is 287 g/mol. The van der Waals surface area contributed by atoms with Gasteiger partial charge in [-0.25, -0.2) is 17.8 Å². The summed E-state index contributed by atoms with van der Waals surface area (Å²) in [6.45, 7) is 0.956. The van der Waals surface area contributed by atoms with Crippen LogP contribution in [0.15, 0.2) is 18.3 Å². The number of nitrogens with zero attached hydrogens (tertiary/aromatic N) is 1. The number of halogens is 1. The zero-order valence-corrected chi connectivity index (χ0v) is 11.4. The van der Waals surface area contributed by atoms with Gasteiger partial charge in [-0.2, -0.15) is 0 Å². The van der Waals surface area contributed by atoms with Crippen molar-refractivity contribution in [2.24, 2.45) is 0 Å². The molecule has 1 fully saturated rings. The molecule has 0 saturated carbocycles. The lowest BCUT2D eigenvalue weighted by molar-refractivity contribution is 0.393. The van der Waals surface area contributed by atoms with Crippen LogP contribution in [0, 0.1) is 5.82 Å². The topological polar surface area (TPSA) is 71.1 Å². The average Bonchev–Trinajstić information content (AvgIpc) is 2.40. The van der Waals surface area contributed by atoms with Crippen molar-refractivity contribution in [3.63, 3.8) is 0 Å². The maximum atomic E-state index is 12.7. The van der Waals surface area contributed by atoms with E-state index in [1.165, 1.54) is 12.1 Å². The summed E-state index contributed by atoms with van der Waals surface area (Å²) in [7, 11) is -3.42. The van der Waals surface area contributed by atoms with Gasteiger partial charge < -0.3 is 5.32 Å². The zero-order chi connectivity index (χ0) is 13.7. The maximum Gasteiger partial charge on any atom is 0.233 e. The Morgan fingerprint density at radius 2 is 2.26 bits per heavy atom. The van der Waals surface area contributed by atoms with Gasteiger partial charge in [0, 0.05) is 6.04 Å². The SMILES string of the molecule is O=S(=O)(CCC1CCCCN1)Nc1ccc(F)cn1. The Morgan fingerprint density at radius 1 is 1.42 bits per heavy atom. The summed E-state index contributed by atoms with van der Waals surface area (Å²) in [5.74, 6) is -0.295. The number of nitrogens with one attached hydrogen (secondary N) is 2. The molecule has 1 unspecified atom stereocenters. The van der Waals surface area contributed by atoms with E-state index in [1.54, 1.807) is 0 Å². The number of anilines is 1. The summed E-state index contributed by atoms with van der Waals surface area (Å²) in [4.78, 5) is 3.68. The second-order valence-electron chi connectivity index (χ2n) is 4.72. The number of aromatic nitrogens is 1. The van der Waals surface area contributed by atoms with Crippen molar-refractivity contribution in [2.75, 3.05) is 17.0 Å². The molecule has 2 heterocycles. The second-order valence-corrected chi connectivity index (χ2v) is 6.56. The molecule has 0 spiro atoms. The molecule has 7 heteroatoms. The molecular weight excluding hydrogens is 269 g/mol. The number of pyridine rings is 1. The van der Waals surface area contributed by atoms with E-state index in [0.717, 1.165) is 32.0 Å². The van der Waals surface area contributed by atoms with Gasteiger partial charge >= 0.3 is 0 Å². The van der Waals surface area contributed by atoms with Gasteiger partial charge in [-0.3, -0.25) is 4.72 Å². The van der Waals surface area contributed by atoms with E-state index in [4.69, 9.17) is 0 Å². The van der Waals surface area contributed by atoms with Crippen molar-refractivity contribution in [1.29, 1.82) is 0 Å². The van der Waals surface area contributed by atoms with E-state index >= 15 is 0 Å². The van der Waals surface area contributed by atoms with E-state index in [2.05, 4.69) is 15.0 Å². The lowest BCUT2D eigenvalue weighted by Gasteiger charge is -2.23. The van der Waals surface area contributed by atoms with Gasteiger partial charge in [0.1, 0.15) is 11.6 Å². The number of sulfonamides is 1. The Morgan fingerprint density at radius 3 is 2.89 bits per heavy atom. The van der Waals surface area contributed by atoms with Crippen LogP contribution >= 0.6 is 0 Å². The maximum absolute atomic E-state index is 12.7. The predicted octanol–water partition coefficient (Wildman–Crippen LogP) is 1.49.